The van der Waals surface area contributed by atoms with Gasteiger partial charge in [0, 0.05) is 34.5 Å². The zero-order chi connectivity index (χ0) is 15.6. The molecule has 0 heterocycles. The van der Waals surface area contributed by atoms with E-state index in [1.807, 2.05) is 25.1 Å². The first-order valence-electron chi connectivity index (χ1n) is 6.61. The van der Waals surface area contributed by atoms with Crippen molar-refractivity contribution < 1.29 is 4.79 Å². The number of carbonyl (C=O) groups excluding carboxylic acids is 1. The van der Waals surface area contributed by atoms with Gasteiger partial charge < -0.3 is 10.7 Å². The first kappa shape index (κ1) is 15.8. The molecule has 1 aromatic rings. The summed E-state index contributed by atoms with van der Waals surface area (Å²) < 4.78 is 0. The number of nitrogens with one attached hydrogen (secondary N) is 2. The highest BCUT2D eigenvalue weighted by Crippen LogP contribution is 2.37. The Morgan fingerprint density at radius 3 is 2.62 bits per heavy atom. The Hall–Kier alpha value is -1.58. The summed E-state index contributed by atoms with van der Waals surface area (Å²) in [5, 5.41) is 12.2. The van der Waals surface area contributed by atoms with Crippen molar-refractivity contribution >= 4 is 40.9 Å². The molecule has 1 aromatic carbocycles. The van der Waals surface area contributed by atoms with Crippen LogP contribution in [0.15, 0.2) is 40.4 Å². The summed E-state index contributed by atoms with van der Waals surface area (Å²) in [6, 6.07) is 7.35. The molecule has 0 aromatic heterocycles. The Labute approximate surface area is 134 Å². The minimum Gasteiger partial charge on any atom is -0.387 e. The topological polar surface area (TPSA) is 53.0 Å². The van der Waals surface area contributed by atoms with E-state index in [9.17, 15) is 4.79 Å². The number of carbonyl (C=O) groups is 1. The van der Waals surface area contributed by atoms with Crippen LogP contribution in [0.25, 0.3) is 5.70 Å². The van der Waals surface area contributed by atoms with E-state index in [0.717, 1.165) is 11.8 Å². The third-order valence-electron chi connectivity index (χ3n) is 3.59. The summed E-state index contributed by atoms with van der Waals surface area (Å²) in [5.74, 6) is -0.0457. The Balaban J connectivity index is 2.74. The van der Waals surface area contributed by atoms with Gasteiger partial charge in [0.25, 0.3) is 0 Å². The highest BCUT2D eigenvalue weighted by molar-refractivity contribution is 6.39. The van der Waals surface area contributed by atoms with E-state index in [1.54, 1.807) is 13.1 Å². The molecule has 1 atom stereocenters. The van der Waals surface area contributed by atoms with Crippen LogP contribution in [0.3, 0.4) is 0 Å². The van der Waals surface area contributed by atoms with Crippen molar-refractivity contribution in [3.63, 3.8) is 0 Å². The maximum atomic E-state index is 11.3. The second kappa shape index (κ2) is 6.46. The van der Waals surface area contributed by atoms with E-state index in [0.29, 0.717) is 39.0 Å². The lowest BCUT2D eigenvalue weighted by molar-refractivity contribution is -0.105. The summed E-state index contributed by atoms with van der Waals surface area (Å²) >= 11 is 12.6. The van der Waals surface area contributed by atoms with E-state index in [-0.39, 0.29) is 5.92 Å². The van der Waals surface area contributed by atoms with Crippen LogP contribution in [0, 0.1) is 11.3 Å². The van der Waals surface area contributed by atoms with Crippen LogP contribution < -0.4 is 5.32 Å². The van der Waals surface area contributed by atoms with Crippen molar-refractivity contribution in [1.29, 1.82) is 5.41 Å². The van der Waals surface area contributed by atoms with Gasteiger partial charge >= 0.3 is 0 Å². The summed E-state index contributed by atoms with van der Waals surface area (Å²) in [7, 11) is 1.75. The molecule has 0 bridgehead atoms. The van der Waals surface area contributed by atoms with Crippen molar-refractivity contribution in [1.82, 2.24) is 5.32 Å². The van der Waals surface area contributed by atoms with Crippen molar-refractivity contribution in [2.24, 2.45) is 5.92 Å². The fourth-order valence-electron chi connectivity index (χ4n) is 2.50. The number of aldehydes is 1. The molecule has 21 heavy (non-hydrogen) atoms. The lowest BCUT2D eigenvalue weighted by Gasteiger charge is -2.25. The van der Waals surface area contributed by atoms with E-state index in [1.165, 1.54) is 0 Å². The molecule has 110 valence electrons. The standard InChI is InChI=1S/C16H16Cl2N2O/c1-9-7-13(19)14(15(18)11(9)8-21)16(20-2)10-5-3-4-6-12(10)17/h3-6,8-9,19-20H,7H2,1-2H3/b16-14+,19-13?. The monoisotopic (exact) mass is 322 g/mol. The average molecular weight is 323 g/mol. The van der Waals surface area contributed by atoms with Crippen LogP contribution in [-0.4, -0.2) is 19.0 Å². The van der Waals surface area contributed by atoms with Crippen molar-refractivity contribution in [2.75, 3.05) is 7.05 Å². The second-order valence-corrected chi connectivity index (χ2v) is 5.74. The Bertz CT molecular complexity index is 662. The maximum absolute atomic E-state index is 11.3. The molecule has 2 rings (SSSR count). The quantitative estimate of drug-likeness (QED) is 0.826. The molecule has 2 N–H and O–H groups in total. The Morgan fingerprint density at radius 1 is 1.38 bits per heavy atom. The van der Waals surface area contributed by atoms with Crippen LogP contribution in [0.5, 0.6) is 0 Å². The van der Waals surface area contributed by atoms with Gasteiger partial charge in [-0.3, -0.25) is 4.79 Å². The molecule has 0 fully saturated rings. The molecule has 0 radical (unpaired) electrons. The van der Waals surface area contributed by atoms with E-state index < -0.39 is 0 Å². The smallest absolute Gasteiger partial charge is 0.147 e. The molecule has 0 saturated carbocycles. The second-order valence-electron chi connectivity index (χ2n) is 4.95. The minimum absolute atomic E-state index is 0.0457. The third kappa shape index (κ3) is 2.89. The molecular weight excluding hydrogens is 307 g/mol. The average Bonchev–Trinajstić information content (AvgIpc) is 2.44. The molecule has 1 aliphatic rings. The molecule has 0 aliphatic heterocycles. The lowest BCUT2D eigenvalue weighted by Crippen LogP contribution is -2.22. The number of hydrogen-bond acceptors (Lipinski definition) is 3. The van der Waals surface area contributed by atoms with E-state index in [2.05, 4.69) is 5.32 Å². The highest BCUT2D eigenvalue weighted by Gasteiger charge is 2.29. The van der Waals surface area contributed by atoms with Gasteiger partial charge in [0.2, 0.25) is 0 Å². The number of benzene rings is 1. The fourth-order valence-corrected chi connectivity index (χ4v) is 3.17. The van der Waals surface area contributed by atoms with Crippen LogP contribution >= 0.6 is 23.2 Å². The van der Waals surface area contributed by atoms with Gasteiger partial charge in [0.15, 0.2) is 0 Å². The molecule has 1 unspecified atom stereocenters. The number of hydrogen-bond donors (Lipinski definition) is 2. The molecule has 0 amide bonds. The summed E-state index contributed by atoms with van der Waals surface area (Å²) in [5.41, 5.74) is 2.92. The predicted molar refractivity (Wildman–Crippen MR) is 87.9 cm³/mol. The van der Waals surface area contributed by atoms with E-state index in [4.69, 9.17) is 28.6 Å². The van der Waals surface area contributed by atoms with Gasteiger partial charge in [-0.05, 0) is 18.4 Å². The minimum atomic E-state index is -0.0457. The zero-order valence-corrected chi connectivity index (χ0v) is 13.3. The predicted octanol–water partition coefficient (Wildman–Crippen LogP) is 4.02. The highest BCUT2D eigenvalue weighted by atomic mass is 35.5. The lowest BCUT2D eigenvalue weighted by atomic mass is 9.84. The first-order valence-corrected chi connectivity index (χ1v) is 7.36. The number of rotatable bonds is 3. The van der Waals surface area contributed by atoms with Crippen LogP contribution in [-0.2, 0) is 4.79 Å². The zero-order valence-electron chi connectivity index (χ0n) is 11.8. The molecule has 5 heteroatoms. The normalized spacial score (nSPS) is 21.3. The summed E-state index contributed by atoms with van der Waals surface area (Å²) in [4.78, 5) is 11.3. The van der Waals surface area contributed by atoms with Crippen molar-refractivity contribution in [2.45, 2.75) is 13.3 Å². The van der Waals surface area contributed by atoms with Crippen molar-refractivity contribution in [3.8, 4) is 0 Å². The summed E-state index contributed by atoms with van der Waals surface area (Å²) in [6.45, 7) is 1.89. The summed E-state index contributed by atoms with van der Waals surface area (Å²) in [6.07, 6.45) is 1.26. The molecule has 1 aliphatic carbocycles. The van der Waals surface area contributed by atoms with Gasteiger partial charge in [0.1, 0.15) is 6.29 Å². The van der Waals surface area contributed by atoms with Gasteiger partial charge in [0.05, 0.1) is 10.7 Å². The number of halogens is 2. The van der Waals surface area contributed by atoms with Crippen LogP contribution in [0.4, 0.5) is 0 Å². The van der Waals surface area contributed by atoms with Gasteiger partial charge in [-0.15, -0.1) is 0 Å². The first-order chi connectivity index (χ1) is 10.0. The molecule has 0 saturated heterocycles. The van der Waals surface area contributed by atoms with Crippen molar-refractivity contribution in [3.05, 3.63) is 51.0 Å². The fraction of sp³-hybridized carbons (Fsp3) is 0.250. The molecule has 0 spiro atoms. The van der Waals surface area contributed by atoms with E-state index >= 15 is 0 Å². The van der Waals surface area contributed by atoms with Crippen LogP contribution in [0.2, 0.25) is 5.02 Å². The Morgan fingerprint density at radius 2 is 2.05 bits per heavy atom. The van der Waals surface area contributed by atoms with Gasteiger partial charge in [-0.25, -0.2) is 0 Å². The van der Waals surface area contributed by atoms with Gasteiger partial charge in [-0.2, -0.15) is 0 Å². The van der Waals surface area contributed by atoms with Crippen LogP contribution in [0.1, 0.15) is 18.9 Å². The molecule has 3 nitrogen and oxygen atoms in total. The molecular formula is C16H16Cl2N2O. The number of allylic oxidation sites excluding steroid dienone is 3. The largest absolute Gasteiger partial charge is 0.387 e. The maximum Gasteiger partial charge on any atom is 0.147 e. The SMILES string of the molecule is CN/C(=C1\C(=N)CC(C)C(C=O)=C1Cl)c1ccccc1Cl. The Kier molecular flexibility index (Phi) is 4.86. The van der Waals surface area contributed by atoms with Gasteiger partial charge in [-0.1, -0.05) is 48.3 Å². The third-order valence-corrected chi connectivity index (χ3v) is 4.32.